The number of nitrogens with one attached hydrogen (secondary N) is 1. The Morgan fingerprint density at radius 2 is 2.14 bits per heavy atom. The Bertz CT molecular complexity index is 728. The van der Waals surface area contributed by atoms with Gasteiger partial charge in [0.1, 0.15) is 5.82 Å². The van der Waals surface area contributed by atoms with Crippen molar-refractivity contribution in [1.82, 2.24) is 9.97 Å². The minimum atomic E-state index is -1.03. The SMILES string of the molecule is NC(=O)CNc1cccc(-c2cncc(C=CC(=O)O)c2)n1. The summed E-state index contributed by atoms with van der Waals surface area (Å²) >= 11 is 0. The van der Waals surface area contributed by atoms with Crippen molar-refractivity contribution in [3.05, 3.63) is 48.3 Å². The summed E-state index contributed by atoms with van der Waals surface area (Å²) in [6, 6.07) is 7.06. The highest BCUT2D eigenvalue weighted by Crippen LogP contribution is 2.19. The van der Waals surface area contributed by atoms with E-state index in [1.807, 2.05) is 0 Å². The Labute approximate surface area is 126 Å². The Kier molecular flexibility index (Phi) is 4.81. The van der Waals surface area contributed by atoms with E-state index < -0.39 is 11.9 Å². The monoisotopic (exact) mass is 298 g/mol. The number of amides is 1. The van der Waals surface area contributed by atoms with Crippen LogP contribution in [0.5, 0.6) is 0 Å². The zero-order valence-electron chi connectivity index (χ0n) is 11.6. The van der Waals surface area contributed by atoms with Crippen LogP contribution in [0.2, 0.25) is 0 Å². The molecular weight excluding hydrogens is 284 g/mol. The van der Waals surface area contributed by atoms with Gasteiger partial charge in [-0.1, -0.05) is 6.07 Å². The molecule has 7 nitrogen and oxygen atoms in total. The van der Waals surface area contributed by atoms with Gasteiger partial charge in [0.25, 0.3) is 0 Å². The molecule has 2 aromatic rings. The molecule has 0 radical (unpaired) electrons. The highest BCUT2D eigenvalue weighted by atomic mass is 16.4. The van der Waals surface area contributed by atoms with Crippen LogP contribution < -0.4 is 11.1 Å². The molecule has 2 aromatic heterocycles. The first-order valence-electron chi connectivity index (χ1n) is 6.40. The number of carboxylic acids is 1. The second-order valence-corrected chi connectivity index (χ2v) is 4.41. The maximum Gasteiger partial charge on any atom is 0.328 e. The lowest BCUT2D eigenvalue weighted by molar-refractivity contribution is -0.131. The first-order chi connectivity index (χ1) is 10.5. The molecule has 0 saturated heterocycles. The molecule has 0 aromatic carbocycles. The lowest BCUT2D eigenvalue weighted by atomic mass is 10.1. The van der Waals surface area contributed by atoms with Crippen LogP contribution in [0, 0.1) is 0 Å². The molecule has 0 aliphatic heterocycles. The van der Waals surface area contributed by atoms with E-state index in [0.29, 0.717) is 17.1 Å². The number of rotatable bonds is 6. The van der Waals surface area contributed by atoms with Gasteiger partial charge in [-0.3, -0.25) is 9.78 Å². The average molecular weight is 298 g/mol. The fraction of sp³-hybridized carbons (Fsp3) is 0.0667. The Hall–Kier alpha value is -3.22. The summed E-state index contributed by atoms with van der Waals surface area (Å²) in [4.78, 5) is 29.7. The van der Waals surface area contributed by atoms with Gasteiger partial charge in [0.15, 0.2) is 0 Å². The van der Waals surface area contributed by atoms with Gasteiger partial charge in [-0.05, 0) is 29.8 Å². The minimum absolute atomic E-state index is 0.00388. The topological polar surface area (TPSA) is 118 Å². The number of anilines is 1. The van der Waals surface area contributed by atoms with E-state index in [1.165, 1.54) is 6.08 Å². The molecule has 4 N–H and O–H groups in total. The molecule has 2 rings (SSSR count). The van der Waals surface area contributed by atoms with Gasteiger partial charge in [-0.25, -0.2) is 9.78 Å². The van der Waals surface area contributed by atoms with E-state index in [0.717, 1.165) is 11.6 Å². The molecule has 0 aliphatic carbocycles. The van der Waals surface area contributed by atoms with Gasteiger partial charge in [0, 0.05) is 24.0 Å². The number of carboxylic acid groups (broad SMARTS) is 1. The molecule has 22 heavy (non-hydrogen) atoms. The highest BCUT2D eigenvalue weighted by Gasteiger charge is 2.03. The van der Waals surface area contributed by atoms with Crippen molar-refractivity contribution in [3.63, 3.8) is 0 Å². The number of nitrogens with zero attached hydrogens (tertiary/aromatic N) is 2. The van der Waals surface area contributed by atoms with E-state index in [2.05, 4.69) is 15.3 Å². The average Bonchev–Trinajstić information content (AvgIpc) is 2.51. The van der Waals surface area contributed by atoms with Gasteiger partial charge in [-0.2, -0.15) is 0 Å². The molecule has 0 atom stereocenters. The fourth-order valence-electron chi connectivity index (χ4n) is 1.73. The number of aliphatic carboxylic acids is 1. The van der Waals surface area contributed by atoms with Gasteiger partial charge in [0.2, 0.25) is 5.91 Å². The molecule has 0 unspecified atom stereocenters. The van der Waals surface area contributed by atoms with Gasteiger partial charge >= 0.3 is 5.97 Å². The van der Waals surface area contributed by atoms with E-state index in [1.54, 1.807) is 36.7 Å². The van der Waals surface area contributed by atoms with Crippen molar-refractivity contribution < 1.29 is 14.7 Å². The molecule has 7 heteroatoms. The first-order valence-corrected chi connectivity index (χ1v) is 6.40. The summed E-state index contributed by atoms with van der Waals surface area (Å²) in [6.07, 6.45) is 5.67. The second kappa shape index (κ2) is 6.98. The Balaban J connectivity index is 2.24. The van der Waals surface area contributed by atoms with Crippen molar-refractivity contribution in [1.29, 1.82) is 0 Å². The molecule has 0 bridgehead atoms. The van der Waals surface area contributed by atoms with Crippen molar-refractivity contribution >= 4 is 23.8 Å². The quantitative estimate of drug-likeness (QED) is 0.688. The molecule has 0 saturated carbocycles. The molecule has 0 fully saturated rings. The summed E-state index contributed by atoms with van der Waals surface area (Å²) < 4.78 is 0. The molecule has 0 aliphatic rings. The third-order valence-corrected chi connectivity index (χ3v) is 2.67. The predicted molar refractivity (Wildman–Crippen MR) is 81.8 cm³/mol. The summed E-state index contributed by atoms with van der Waals surface area (Å²) in [5.41, 5.74) is 7.10. The van der Waals surface area contributed by atoms with Gasteiger partial charge < -0.3 is 16.2 Å². The van der Waals surface area contributed by atoms with Crippen molar-refractivity contribution in [2.45, 2.75) is 0 Å². The summed E-state index contributed by atoms with van der Waals surface area (Å²) in [5.74, 6) is -0.987. The van der Waals surface area contributed by atoms with Crippen LogP contribution in [-0.2, 0) is 9.59 Å². The van der Waals surface area contributed by atoms with Crippen molar-refractivity contribution in [2.24, 2.45) is 5.73 Å². The van der Waals surface area contributed by atoms with Crippen LogP contribution in [0.4, 0.5) is 5.82 Å². The summed E-state index contributed by atoms with van der Waals surface area (Å²) in [7, 11) is 0. The Morgan fingerprint density at radius 1 is 1.32 bits per heavy atom. The normalized spacial score (nSPS) is 10.5. The minimum Gasteiger partial charge on any atom is -0.478 e. The molecule has 1 amide bonds. The van der Waals surface area contributed by atoms with E-state index in [9.17, 15) is 9.59 Å². The zero-order valence-corrected chi connectivity index (χ0v) is 11.6. The lowest BCUT2D eigenvalue weighted by Gasteiger charge is -2.06. The third-order valence-electron chi connectivity index (χ3n) is 2.67. The van der Waals surface area contributed by atoms with Crippen LogP contribution in [0.3, 0.4) is 0 Å². The van der Waals surface area contributed by atoms with Gasteiger partial charge in [-0.15, -0.1) is 0 Å². The largest absolute Gasteiger partial charge is 0.478 e. The lowest BCUT2D eigenvalue weighted by Crippen LogP contribution is -2.22. The van der Waals surface area contributed by atoms with Crippen LogP contribution in [0.1, 0.15) is 5.56 Å². The number of primary amides is 1. The molecule has 2 heterocycles. The van der Waals surface area contributed by atoms with Crippen LogP contribution in [0.15, 0.2) is 42.7 Å². The second-order valence-electron chi connectivity index (χ2n) is 4.41. The number of hydrogen-bond acceptors (Lipinski definition) is 5. The summed E-state index contributed by atoms with van der Waals surface area (Å²) in [6.45, 7) is -0.00388. The van der Waals surface area contributed by atoms with Crippen LogP contribution >= 0.6 is 0 Å². The number of nitrogens with two attached hydrogens (primary N) is 1. The number of pyridine rings is 2. The van der Waals surface area contributed by atoms with E-state index >= 15 is 0 Å². The molecule has 112 valence electrons. The van der Waals surface area contributed by atoms with Gasteiger partial charge in [0.05, 0.1) is 12.2 Å². The number of hydrogen-bond donors (Lipinski definition) is 3. The number of carbonyl (C=O) groups excluding carboxylic acids is 1. The van der Waals surface area contributed by atoms with E-state index in [4.69, 9.17) is 10.8 Å². The standard InChI is InChI=1S/C15H14N4O3/c16-13(20)9-18-14-3-1-2-12(19-14)11-6-10(7-17-8-11)4-5-15(21)22/h1-8H,9H2,(H2,16,20)(H,18,19)(H,21,22). The van der Waals surface area contributed by atoms with Crippen LogP contribution in [0.25, 0.3) is 17.3 Å². The fourth-order valence-corrected chi connectivity index (χ4v) is 1.73. The third kappa shape index (κ3) is 4.41. The first kappa shape index (κ1) is 15.2. The van der Waals surface area contributed by atoms with E-state index in [-0.39, 0.29) is 6.54 Å². The van der Waals surface area contributed by atoms with Crippen molar-refractivity contribution in [2.75, 3.05) is 11.9 Å². The predicted octanol–water partition coefficient (Wildman–Crippen LogP) is 1.14. The maximum atomic E-state index is 10.8. The number of carbonyl (C=O) groups is 2. The molecule has 0 spiro atoms. The number of aromatic nitrogens is 2. The van der Waals surface area contributed by atoms with Crippen LogP contribution in [-0.4, -0.2) is 33.5 Å². The molecular formula is C15H14N4O3. The maximum absolute atomic E-state index is 10.8. The zero-order chi connectivity index (χ0) is 15.9. The smallest absolute Gasteiger partial charge is 0.328 e. The van der Waals surface area contributed by atoms with Crippen molar-refractivity contribution in [3.8, 4) is 11.3 Å². The highest BCUT2D eigenvalue weighted by molar-refractivity contribution is 5.85. The summed E-state index contributed by atoms with van der Waals surface area (Å²) in [5, 5.41) is 11.4. The Morgan fingerprint density at radius 3 is 2.86 bits per heavy atom.